The molecular weight excluding hydrogens is 188 g/mol. The van der Waals surface area contributed by atoms with E-state index in [0.29, 0.717) is 5.56 Å². The van der Waals surface area contributed by atoms with Crippen molar-refractivity contribution in [2.24, 2.45) is 11.5 Å². The molecule has 0 unspecified atom stereocenters. The van der Waals surface area contributed by atoms with E-state index in [0.717, 1.165) is 25.7 Å². The molecule has 0 heterocycles. The van der Waals surface area contributed by atoms with Crippen molar-refractivity contribution < 1.29 is 4.79 Å². The molecule has 80 valence electrons. The molecule has 0 aromatic heterocycles. The molecule has 0 aliphatic heterocycles. The van der Waals surface area contributed by atoms with Gasteiger partial charge in [-0.05, 0) is 43.4 Å². The number of hydrogen-bond acceptors (Lipinski definition) is 2. The molecule has 1 aliphatic carbocycles. The second-order valence-electron chi connectivity index (χ2n) is 4.42. The lowest BCUT2D eigenvalue weighted by atomic mass is 10.0. The summed E-state index contributed by atoms with van der Waals surface area (Å²) in [7, 11) is 0. The number of rotatable bonds is 4. The third-order valence-electron chi connectivity index (χ3n) is 3.04. The second kappa shape index (κ2) is 3.66. The molecule has 0 bridgehead atoms. The van der Waals surface area contributed by atoms with Crippen LogP contribution in [0, 0.1) is 0 Å². The third kappa shape index (κ3) is 2.57. The average molecular weight is 204 g/mol. The lowest BCUT2D eigenvalue weighted by Gasteiger charge is -2.08. The van der Waals surface area contributed by atoms with Crippen LogP contribution in [0.25, 0.3) is 0 Å². The Kier molecular flexibility index (Phi) is 2.49. The fourth-order valence-corrected chi connectivity index (χ4v) is 1.64. The first-order valence-electron chi connectivity index (χ1n) is 5.27. The van der Waals surface area contributed by atoms with Gasteiger partial charge in [0.2, 0.25) is 5.91 Å². The van der Waals surface area contributed by atoms with Crippen LogP contribution in [0.15, 0.2) is 24.3 Å². The monoisotopic (exact) mass is 204 g/mol. The normalized spacial score (nSPS) is 17.4. The summed E-state index contributed by atoms with van der Waals surface area (Å²) in [5, 5.41) is 0. The first kappa shape index (κ1) is 10.2. The minimum Gasteiger partial charge on any atom is -0.366 e. The van der Waals surface area contributed by atoms with Crippen molar-refractivity contribution in [2.45, 2.75) is 31.2 Å². The topological polar surface area (TPSA) is 69.1 Å². The van der Waals surface area contributed by atoms with Gasteiger partial charge in [0, 0.05) is 11.1 Å². The van der Waals surface area contributed by atoms with Crippen LogP contribution >= 0.6 is 0 Å². The second-order valence-corrected chi connectivity index (χ2v) is 4.42. The van der Waals surface area contributed by atoms with E-state index in [1.807, 2.05) is 12.1 Å². The molecule has 4 N–H and O–H groups in total. The zero-order chi connectivity index (χ0) is 10.9. The Morgan fingerprint density at radius 1 is 1.27 bits per heavy atom. The SMILES string of the molecule is NC(=O)c1ccc(CCC2(N)CC2)cc1. The number of carbonyl (C=O) groups excluding carboxylic acids is 1. The van der Waals surface area contributed by atoms with E-state index in [1.54, 1.807) is 12.1 Å². The molecule has 1 saturated carbocycles. The van der Waals surface area contributed by atoms with Gasteiger partial charge in [-0.2, -0.15) is 0 Å². The predicted octanol–water partition coefficient (Wildman–Crippen LogP) is 1.21. The molecule has 0 saturated heterocycles. The highest BCUT2D eigenvalue weighted by molar-refractivity contribution is 5.92. The Morgan fingerprint density at radius 3 is 2.33 bits per heavy atom. The van der Waals surface area contributed by atoms with Gasteiger partial charge in [0.05, 0.1) is 0 Å². The molecule has 2 rings (SSSR count). The van der Waals surface area contributed by atoms with Gasteiger partial charge in [0.25, 0.3) is 0 Å². The van der Waals surface area contributed by atoms with Crippen molar-refractivity contribution >= 4 is 5.91 Å². The minimum absolute atomic E-state index is 0.0996. The maximum absolute atomic E-state index is 10.8. The third-order valence-corrected chi connectivity index (χ3v) is 3.04. The van der Waals surface area contributed by atoms with Crippen LogP contribution in [0.5, 0.6) is 0 Å². The number of amides is 1. The van der Waals surface area contributed by atoms with E-state index in [-0.39, 0.29) is 11.4 Å². The van der Waals surface area contributed by atoms with Crippen LogP contribution in [0.4, 0.5) is 0 Å². The largest absolute Gasteiger partial charge is 0.366 e. The number of nitrogens with two attached hydrogens (primary N) is 2. The fourth-order valence-electron chi connectivity index (χ4n) is 1.64. The number of benzene rings is 1. The fraction of sp³-hybridized carbons (Fsp3) is 0.417. The molecule has 0 atom stereocenters. The van der Waals surface area contributed by atoms with E-state index < -0.39 is 0 Å². The first-order chi connectivity index (χ1) is 7.09. The van der Waals surface area contributed by atoms with Crippen LogP contribution < -0.4 is 11.5 Å². The summed E-state index contributed by atoms with van der Waals surface area (Å²) >= 11 is 0. The number of primary amides is 1. The Labute approximate surface area is 89.5 Å². The van der Waals surface area contributed by atoms with Crippen LogP contribution in [0.2, 0.25) is 0 Å². The Morgan fingerprint density at radius 2 is 1.87 bits per heavy atom. The van der Waals surface area contributed by atoms with Crippen molar-refractivity contribution in [3.05, 3.63) is 35.4 Å². The zero-order valence-corrected chi connectivity index (χ0v) is 8.70. The van der Waals surface area contributed by atoms with E-state index in [4.69, 9.17) is 11.5 Å². The predicted molar refractivity (Wildman–Crippen MR) is 59.4 cm³/mol. The maximum Gasteiger partial charge on any atom is 0.248 e. The molecule has 1 aliphatic rings. The molecule has 1 fully saturated rings. The highest BCUT2D eigenvalue weighted by Crippen LogP contribution is 2.36. The van der Waals surface area contributed by atoms with Crippen molar-refractivity contribution in [1.29, 1.82) is 0 Å². The van der Waals surface area contributed by atoms with E-state index >= 15 is 0 Å². The summed E-state index contributed by atoms with van der Waals surface area (Å²) < 4.78 is 0. The zero-order valence-electron chi connectivity index (χ0n) is 8.70. The molecule has 1 aromatic rings. The average Bonchev–Trinajstić information content (AvgIpc) is 2.95. The summed E-state index contributed by atoms with van der Waals surface area (Å²) in [6.07, 6.45) is 4.30. The molecule has 0 spiro atoms. The number of hydrogen-bond donors (Lipinski definition) is 2. The van der Waals surface area contributed by atoms with Crippen molar-refractivity contribution in [1.82, 2.24) is 0 Å². The first-order valence-corrected chi connectivity index (χ1v) is 5.27. The molecular formula is C12H16N2O. The van der Waals surface area contributed by atoms with Gasteiger partial charge in [-0.1, -0.05) is 12.1 Å². The standard InChI is InChI=1S/C12H16N2O/c13-11(15)10-3-1-9(2-4-10)5-6-12(14)7-8-12/h1-4H,5-8,14H2,(H2,13,15). The van der Waals surface area contributed by atoms with Crippen LogP contribution in [0.1, 0.15) is 35.2 Å². The van der Waals surface area contributed by atoms with Gasteiger partial charge in [-0.15, -0.1) is 0 Å². The van der Waals surface area contributed by atoms with Crippen LogP contribution in [0.3, 0.4) is 0 Å². The van der Waals surface area contributed by atoms with Gasteiger partial charge in [-0.3, -0.25) is 4.79 Å². The van der Waals surface area contributed by atoms with Gasteiger partial charge >= 0.3 is 0 Å². The van der Waals surface area contributed by atoms with Crippen molar-refractivity contribution in [3.63, 3.8) is 0 Å². The summed E-state index contributed by atoms with van der Waals surface area (Å²) in [5.41, 5.74) is 13.0. The van der Waals surface area contributed by atoms with Crippen LogP contribution in [-0.2, 0) is 6.42 Å². The molecule has 0 radical (unpaired) electrons. The Hall–Kier alpha value is -1.35. The molecule has 3 heteroatoms. The Balaban J connectivity index is 1.95. The Bertz CT molecular complexity index is 366. The van der Waals surface area contributed by atoms with Gasteiger partial charge in [-0.25, -0.2) is 0 Å². The number of carbonyl (C=O) groups is 1. The lowest BCUT2D eigenvalue weighted by Crippen LogP contribution is -2.22. The smallest absolute Gasteiger partial charge is 0.248 e. The van der Waals surface area contributed by atoms with Crippen molar-refractivity contribution in [3.8, 4) is 0 Å². The maximum atomic E-state index is 10.8. The summed E-state index contributed by atoms with van der Waals surface area (Å²) in [6, 6.07) is 7.44. The van der Waals surface area contributed by atoms with E-state index in [1.165, 1.54) is 5.56 Å². The number of aryl methyl sites for hydroxylation is 1. The van der Waals surface area contributed by atoms with Crippen LogP contribution in [-0.4, -0.2) is 11.4 Å². The quantitative estimate of drug-likeness (QED) is 0.774. The lowest BCUT2D eigenvalue weighted by molar-refractivity contribution is 0.100. The van der Waals surface area contributed by atoms with Gasteiger partial charge < -0.3 is 11.5 Å². The minimum atomic E-state index is -0.376. The molecule has 1 aromatic carbocycles. The summed E-state index contributed by atoms with van der Waals surface area (Å²) in [5.74, 6) is -0.376. The van der Waals surface area contributed by atoms with E-state index in [9.17, 15) is 4.79 Å². The summed E-state index contributed by atoms with van der Waals surface area (Å²) in [6.45, 7) is 0. The van der Waals surface area contributed by atoms with Crippen molar-refractivity contribution in [2.75, 3.05) is 0 Å². The highest BCUT2D eigenvalue weighted by Gasteiger charge is 2.37. The van der Waals surface area contributed by atoms with Gasteiger partial charge in [0.15, 0.2) is 0 Å². The summed E-state index contributed by atoms with van der Waals surface area (Å²) in [4.78, 5) is 10.8. The highest BCUT2D eigenvalue weighted by atomic mass is 16.1. The van der Waals surface area contributed by atoms with E-state index in [2.05, 4.69) is 0 Å². The molecule has 1 amide bonds. The molecule has 3 nitrogen and oxygen atoms in total. The molecule has 15 heavy (non-hydrogen) atoms. The van der Waals surface area contributed by atoms with Gasteiger partial charge in [0.1, 0.15) is 0 Å².